The maximum atomic E-state index is 13.1. The highest BCUT2D eigenvalue weighted by Crippen LogP contribution is 2.40. The highest BCUT2D eigenvalue weighted by atomic mass is 32.1. The van der Waals surface area contributed by atoms with Gasteiger partial charge >= 0.3 is 5.69 Å². The number of hydrogen-bond acceptors (Lipinski definition) is 6. The van der Waals surface area contributed by atoms with Crippen molar-refractivity contribution in [1.29, 1.82) is 0 Å². The predicted octanol–water partition coefficient (Wildman–Crippen LogP) is 3.40. The molecular formula is C19H18N4O3S. The Morgan fingerprint density at radius 1 is 1.44 bits per heavy atom. The molecule has 0 amide bonds. The van der Waals surface area contributed by atoms with Crippen LogP contribution in [0.1, 0.15) is 24.3 Å². The molecule has 27 heavy (non-hydrogen) atoms. The van der Waals surface area contributed by atoms with Crippen LogP contribution in [0.15, 0.2) is 40.3 Å². The molecule has 5 heterocycles. The second-order valence-electron chi connectivity index (χ2n) is 7.24. The molecule has 0 aliphatic carbocycles. The number of furan rings is 1. The van der Waals surface area contributed by atoms with Crippen LogP contribution in [-0.2, 0) is 24.3 Å². The van der Waals surface area contributed by atoms with Gasteiger partial charge in [-0.05, 0) is 31.5 Å². The highest BCUT2D eigenvalue weighted by molar-refractivity contribution is 7.19. The van der Waals surface area contributed by atoms with E-state index in [1.54, 1.807) is 40.4 Å². The topological polar surface area (TPSA) is 74.6 Å². The number of aromatic nitrogens is 4. The van der Waals surface area contributed by atoms with E-state index in [-0.39, 0.29) is 11.3 Å². The van der Waals surface area contributed by atoms with Crippen LogP contribution in [0.25, 0.3) is 27.4 Å². The van der Waals surface area contributed by atoms with Gasteiger partial charge in [0.1, 0.15) is 4.83 Å². The summed E-state index contributed by atoms with van der Waals surface area (Å²) < 4.78 is 14.5. The first kappa shape index (κ1) is 16.5. The van der Waals surface area contributed by atoms with Crippen LogP contribution >= 0.6 is 11.3 Å². The van der Waals surface area contributed by atoms with E-state index in [9.17, 15) is 4.79 Å². The zero-order valence-electron chi connectivity index (χ0n) is 15.1. The Morgan fingerprint density at radius 3 is 3.04 bits per heavy atom. The Morgan fingerprint density at radius 2 is 2.30 bits per heavy atom. The lowest BCUT2D eigenvalue weighted by Gasteiger charge is -2.30. The molecule has 0 saturated heterocycles. The summed E-state index contributed by atoms with van der Waals surface area (Å²) in [5.41, 5.74) is 1.26. The van der Waals surface area contributed by atoms with Gasteiger partial charge in [0.05, 0.1) is 23.9 Å². The first-order valence-electron chi connectivity index (χ1n) is 8.71. The summed E-state index contributed by atoms with van der Waals surface area (Å²) in [6.07, 6.45) is 4.04. The summed E-state index contributed by atoms with van der Waals surface area (Å²) in [7, 11) is 0. The van der Waals surface area contributed by atoms with Crippen molar-refractivity contribution < 1.29 is 9.15 Å². The fourth-order valence-electron chi connectivity index (χ4n) is 3.57. The Kier molecular flexibility index (Phi) is 3.44. The number of fused-ring (bicyclic) bond motifs is 5. The van der Waals surface area contributed by atoms with Gasteiger partial charge in [-0.25, -0.2) is 9.78 Å². The van der Waals surface area contributed by atoms with Gasteiger partial charge < -0.3 is 9.15 Å². The summed E-state index contributed by atoms with van der Waals surface area (Å²) in [5.74, 6) is 0.940. The summed E-state index contributed by atoms with van der Waals surface area (Å²) in [5, 5.41) is 5.40. The van der Waals surface area contributed by atoms with Crippen LogP contribution in [0.2, 0.25) is 0 Å². The van der Waals surface area contributed by atoms with Crippen molar-refractivity contribution in [3.63, 3.8) is 0 Å². The molecule has 138 valence electrons. The molecule has 0 spiro atoms. The monoisotopic (exact) mass is 382 g/mol. The molecule has 4 aromatic rings. The van der Waals surface area contributed by atoms with E-state index in [0.717, 1.165) is 21.5 Å². The number of ether oxygens (including phenoxy) is 1. The maximum absolute atomic E-state index is 13.1. The van der Waals surface area contributed by atoms with Crippen LogP contribution in [0.4, 0.5) is 0 Å². The second-order valence-corrected chi connectivity index (χ2v) is 8.32. The van der Waals surface area contributed by atoms with E-state index in [0.29, 0.717) is 30.4 Å². The number of allylic oxidation sites excluding steroid dienone is 1. The average Bonchev–Trinajstić information content (AvgIpc) is 3.34. The SMILES string of the molecule is C=CCn1c(=O)n2nc(-c3ccco3)nc2c2c3c(sc21)COC(C)(C)C3. The smallest absolute Gasteiger partial charge is 0.352 e. The van der Waals surface area contributed by atoms with E-state index in [2.05, 4.69) is 30.5 Å². The first-order chi connectivity index (χ1) is 13.0. The van der Waals surface area contributed by atoms with Crippen molar-refractivity contribution >= 4 is 27.2 Å². The Hall–Kier alpha value is -2.71. The standard InChI is InChI=1S/C19H18N4O3S/c1-4-7-22-17-14(11-9-19(2,3)26-10-13(11)27-17)16-20-15(12-6-5-8-25-12)21-23(16)18(22)24/h4-6,8H,1,7,9-10H2,2-3H3. The van der Waals surface area contributed by atoms with Gasteiger partial charge in [0.2, 0.25) is 5.82 Å². The molecule has 4 aromatic heterocycles. The van der Waals surface area contributed by atoms with Crippen LogP contribution in [0, 0.1) is 0 Å². The summed E-state index contributed by atoms with van der Waals surface area (Å²) in [6, 6.07) is 3.56. The molecule has 7 nitrogen and oxygen atoms in total. The maximum Gasteiger partial charge on any atom is 0.352 e. The molecule has 0 aromatic carbocycles. The molecule has 0 unspecified atom stereocenters. The molecule has 0 bridgehead atoms. The Bertz CT molecular complexity index is 1240. The predicted molar refractivity (Wildman–Crippen MR) is 103 cm³/mol. The molecule has 0 radical (unpaired) electrons. The molecule has 1 aliphatic heterocycles. The van der Waals surface area contributed by atoms with Gasteiger partial charge in [0.25, 0.3) is 0 Å². The van der Waals surface area contributed by atoms with Gasteiger partial charge in [-0.3, -0.25) is 4.57 Å². The lowest BCUT2D eigenvalue weighted by molar-refractivity contribution is -0.0379. The highest BCUT2D eigenvalue weighted by Gasteiger charge is 2.32. The Balaban J connectivity index is 1.90. The second kappa shape index (κ2) is 5.64. The minimum absolute atomic E-state index is 0.235. The largest absolute Gasteiger partial charge is 0.461 e. The summed E-state index contributed by atoms with van der Waals surface area (Å²) in [4.78, 5) is 19.8. The zero-order valence-corrected chi connectivity index (χ0v) is 15.9. The minimum atomic E-state index is -0.263. The molecule has 1 aliphatic rings. The Labute approximate surface area is 158 Å². The van der Waals surface area contributed by atoms with Crippen LogP contribution in [0.3, 0.4) is 0 Å². The molecule has 0 N–H and O–H groups in total. The van der Waals surface area contributed by atoms with E-state index >= 15 is 0 Å². The lowest BCUT2D eigenvalue weighted by Crippen LogP contribution is -2.31. The van der Waals surface area contributed by atoms with Crippen LogP contribution in [0.5, 0.6) is 0 Å². The van der Waals surface area contributed by atoms with E-state index in [1.165, 1.54) is 10.1 Å². The van der Waals surface area contributed by atoms with Gasteiger partial charge in [0.15, 0.2) is 11.4 Å². The van der Waals surface area contributed by atoms with Gasteiger partial charge in [-0.2, -0.15) is 4.52 Å². The van der Waals surface area contributed by atoms with Crippen molar-refractivity contribution in [3.05, 3.63) is 52.0 Å². The van der Waals surface area contributed by atoms with Crippen molar-refractivity contribution in [2.24, 2.45) is 0 Å². The normalized spacial score (nSPS) is 16.1. The van der Waals surface area contributed by atoms with Gasteiger partial charge in [0, 0.05) is 17.8 Å². The average molecular weight is 382 g/mol. The van der Waals surface area contributed by atoms with Crippen molar-refractivity contribution in [3.8, 4) is 11.6 Å². The van der Waals surface area contributed by atoms with Crippen molar-refractivity contribution in [2.75, 3.05) is 0 Å². The van der Waals surface area contributed by atoms with E-state index in [4.69, 9.17) is 9.15 Å². The van der Waals surface area contributed by atoms with Crippen molar-refractivity contribution in [2.45, 2.75) is 39.0 Å². The van der Waals surface area contributed by atoms with E-state index in [1.807, 2.05) is 0 Å². The van der Waals surface area contributed by atoms with Crippen LogP contribution < -0.4 is 5.69 Å². The molecule has 5 rings (SSSR count). The molecule has 0 atom stereocenters. The van der Waals surface area contributed by atoms with Crippen LogP contribution in [-0.4, -0.2) is 24.8 Å². The fraction of sp³-hybridized carbons (Fsp3) is 0.316. The molecule has 0 saturated carbocycles. The number of hydrogen-bond donors (Lipinski definition) is 0. The summed E-state index contributed by atoms with van der Waals surface area (Å²) >= 11 is 1.59. The summed E-state index contributed by atoms with van der Waals surface area (Å²) in [6.45, 7) is 8.90. The lowest BCUT2D eigenvalue weighted by atomic mass is 9.94. The van der Waals surface area contributed by atoms with Gasteiger partial charge in [-0.1, -0.05) is 6.08 Å². The first-order valence-corrected chi connectivity index (χ1v) is 9.53. The third-order valence-corrected chi connectivity index (χ3v) is 6.04. The third kappa shape index (κ3) is 2.40. The molecule has 0 fully saturated rings. The van der Waals surface area contributed by atoms with Gasteiger partial charge in [-0.15, -0.1) is 23.0 Å². The number of rotatable bonds is 3. The number of nitrogens with zero attached hydrogens (tertiary/aromatic N) is 4. The zero-order chi connectivity index (χ0) is 18.8. The minimum Gasteiger partial charge on any atom is -0.461 e. The molecular weight excluding hydrogens is 364 g/mol. The molecule has 8 heteroatoms. The number of thiophene rings is 1. The third-order valence-electron chi connectivity index (χ3n) is 4.81. The fourth-order valence-corrected chi connectivity index (χ4v) is 4.80. The van der Waals surface area contributed by atoms with E-state index < -0.39 is 0 Å². The quantitative estimate of drug-likeness (QED) is 0.508. The van der Waals surface area contributed by atoms with Crippen molar-refractivity contribution in [1.82, 2.24) is 19.2 Å².